The average molecular weight is 338 g/mol. The summed E-state index contributed by atoms with van der Waals surface area (Å²) < 4.78 is 0. The lowest BCUT2D eigenvalue weighted by atomic mass is 10.1. The molecule has 2 rings (SSSR count). The van der Waals surface area contributed by atoms with Crippen LogP contribution >= 0.6 is 35.6 Å². The minimum atomic E-state index is 0. The maximum atomic E-state index is 12.1. The third-order valence-corrected chi connectivity index (χ3v) is 4.23. The Morgan fingerprint density at radius 2 is 1.80 bits per heavy atom. The Kier molecular flexibility index (Phi) is 7.27. The van der Waals surface area contributed by atoms with Gasteiger partial charge < -0.3 is 9.80 Å². The van der Waals surface area contributed by atoms with Crippen molar-refractivity contribution < 1.29 is 4.79 Å². The fraction of sp³-hybridized carbons (Fsp3) is 0.500. The number of rotatable bonds is 4. The highest BCUT2D eigenvalue weighted by Gasteiger charge is 2.15. The summed E-state index contributed by atoms with van der Waals surface area (Å²) in [5.74, 6) is 0.123. The Hall–Kier alpha value is -0.320. The standard InChI is InChI=1S/C14H18Cl2N2O.ClH/c1-17-6-8-18(9-7-17)5-4-14(19)11-2-3-12(15)13(16)10-11;/h2-3,10H,4-9H2,1H3;1H. The number of Topliss-reactive ketones (excluding diaryl/α,β-unsaturated/α-hetero) is 1. The molecule has 0 unspecified atom stereocenters. The maximum absolute atomic E-state index is 12.1. The van der Waals surface area contributed by atoms with Crippen LogP contribution in [0.4, 0.5) is 0 Å². The van der Waals surface area contributed by atoms with Crippen molar-refractivity contribution in [3.8, 4) is 0 Å². The maximum Gasteiger partial charge on any atom is 0.164 e. The van der Waals surface area contributed by atoms with Gasteiger partial charge in [-0.15, -0.1) is 12.4 Å². The highest BCUT2D eigenvalue weighted by molar-refractivity contribution is 6.42. The van der Waals surface area contributed by atoms with E-state index in [1.54, 1.807) is 18.2 Å². The van der Waals surface area contributed by atoms with E-state index in [-0.39, 0.29) is 18.2 Å². The molecule has 1 aliphatic rings. The van der Waals surface area contributed by atoms with Gasteiger partial charge in [-0.2, -0.15) is 0 Å². The number of carbonyl (C=O) groups is 1. The quantitative estimate of drug-likeness (QED) is 0.788. The molecule has 0 aromatic heterocycles. The van der Waals surface area contributed by atoms with Gasteiger partial charge in [-0.05, 0) is 25.2 Å². The van der Waals surface area contributed by atoms with Crippen molar-refractivity contribution in [2.45, 2.75) is 6.42 Å². The SMILES string of the molecule is CN1CCN(CCC(=O)c2ccc(Cl)c(Cl)c2)CC1.Cl. The number of ketones is 1. The molecule has 1 aromatic rings. The molecule has 3 nitrogen and oxygen atoms in total. The van der Waals surface area contributed by atoms with Crippen LogP contribution in [0.15, 0.2) is 18.2 Å². The van der Waals surface area contributed by atoms with Gasteiger partial charge in [-0.25, -0.2) is 0 Å². The Morgan fingerprint density at radius 3 is 2.40 bits per heavy atom. The van der Waals surface area contributed by atoms with E-state index >= 15 is 0 Å². The highest BCUT2D eigenvalue weighted by Crippen LogP contribution is 2.23. The van der Waals surface area contributed by atoms with Crippen LogP contribution < -0.4 is 0 Å². The van der Waals surface area contributed by atoms with Crippen molar-refractivity contribution >= 4 is 41.4 Å². The summed E-state index contributed by atoms with van der Waals surface area (Å²) >= 11 is 11.8. The molecular formula is C14H19Cl3N2O. The lowest BCUT2D eigenvalue weighted by Crippen LogP contribution is -2.45. The van der Waals surface area contributed by atoms with E-state index in [1.807, 2.05) is 0 Å². The van der Waals surface area contributed by atoms with Gasteiger partial charge >= 0.3 is 0 Å². The van der Waals surface area contributed by atoms with Crippen LogP contribution in [0.2, 0.25) is 10.0 Å². The summed E-state index contributed by atoms with van der Waals surface area (Å²) in [6, 6.07) is 5.06. The minimum Gasteiger partial charge on any atom is -0.304 e. The molecule has 0 aliphatic carbocycles. The van der Waals surface area contributed by atoms with E-state index in [0.29, 0.717) is 22.0 Å². The summed E-state index contributed by atoms with van der Waals surface area (Å²) in [6.45, 7) is 5.02. The first-order chi connectivity index (χ1) is 9.06. The van der Waals surface area contributed by atoms with Crippen LogP contribution in [-0.2, 0) is 0 Å². The molecule has 0 spiro atoms. The summed E-state index contributed by atoms with van der Waals surface area (Å²) in [7, 11) is 2.12. The normalized spacial score (nSPS) is 16.8. The minimum absolute atomic E-state index is 0. The molecule has 0 atom stereocenters. The van der Waals surface area contributed by atoms with E-state index in [1.165, 1.54) is 0 Å². The monoisotopic (exact) mass is 336 g/mol. The van der Waals surface area contributed by atoms with Crippen LogP contribution in [0, 0.1) is 0 Å². The Labute approximate surface area is 136 Å². The van der Waals surface area contributed by atoms with Crippen molar-refractivity contribution in [1.82, 2.24) is 9.80 Å². The van der Waals surface area contributed by atoms with Gasteiger partial charge in [0.25, 0.3) is 0 Å². The number of likely N-dealkylation sites (N-methyl/N-ethyl adjacent to an activating group) is 1. The molecule has 112 valence electrons. The molecule has 0 radical (unpaired) electrons. The number of benzene rings is 1. The Morgan fingerprint density at radius 1 is 1.15 bits per heavy atom. The summed E-state index contributed by atoms with van der Waals surface area (Å²) in [5, 5.41) is 0.921. The van der Waals surface area contributed by atoms with Gasteiger partial charge in [-0.3, -0.25) is 4.79 Å². The molecule has 0 bridgehead atoms. The first-order valence-corrected chi connectivity index (χ1v) is 7.21. The fourth-order valence-electron chi connectivity index (χ4n) is 2.15. The van der Waals surface area contributed by atoms with Crippen LogP contribution in [-0.4, -0.2) is 55.4 Å². The molecule has 1 aliphatic heterocycles. The fourth-order valence-corrected chi connectivity index (χ4v) is 2.44. The second-order valence-corrected chi connectivity index (χ2v) is 5.76. The predicted octanol–water partition coefficient (Wildman–Crippen LogP) is 3.24. The Bertz CT molecular complexity index is 460. The topological polar surface area (TPSA) is 23.6 Å². The van der Waals surface area contributed by atoms with E-state index in [4.69, 9.17) is 23.2 Å². The van der Waals surface area contributed by atoms with Crippen LogP contribution in [0.3, 0.4) is 0 Å². The Balaban J connectivity index is 0.00000200. The third-order valence-electron chi connectivity index (χ3n) is 3.49. The number of carbonyl (C=O) groups excluding carboxylic acids is 1. The van der Waals surface area contributed by atoms with Crippen LogP contribution in [0.25, 0.3) is 0 Å². The van der Waals surface area contributed by atoms with Crippen molar-refractivity contribution in [3.05, 3.63) is 33.8 Å². The van der Waals surface area contributed by atoms with Gasteiger partial charge in [0.2, 0.25) is 0 Å². The average Bonchev–Trinajstić information content (AvgIpc) is 2.41. The first-order valence-electron chi connectivity index (χ1n) is 6.45. The zero-order valence-electron chi connectivity index (χ0n) is 11.4. The zero-order chi connectivity index (χ0) is 13.8. The van der Waals surface area contributed by atoms with Gasteiger partial charge in [0.1, 0.15) is 0 Å². The number of hydrogen-bond acceptors (Lipinski definition) is 3. The number of nitrogens with zero attached hydrogens (tertiary/aromatic N) is 2. The molecule has 0 amide bonds. The third kappa shape index (κ3) is 4.90. The van der Waals surface area contributed by atoms with Crippen molar-refractivity contribution in [1.29, 1.82) is 0 Å². The number of halogens is 3. The molecule has 1 aromatic carbocycles. The predicted molar refractivity (Wildman–Crippen MR) is 86.6 cm³/mol. The highest BCUT2D eigenvalue weighted by atomic mass is 35.5. The van der Waals surface area contributed by atoms with E-state index in [0.717, 1.165) is 32.7 Å². The molecule has 20 heavy (non-hydrogen) atoms. The molecule has 1 heterocycles. The van der Waals surface area contributed by atoms with Crippen molar-refractivity contribution in [2.24, 2.45) is 0 Å². The van der Waals surface area contributed by atoms with Gasteiger partial charge in [0, 0.05) is 44.7 Å². The summed E-state index contributed by atoms with van der Waals surface area (Å²) in [5.41, 5.74) is 0.642. The van der Waals surface area contributed by atoms with Crippen molar-refractivity contribution in [3.63, 3.8) is 0 Å². The van der Waals surface area contributed by atoms with E-state index in [2.05, 4.69) is 16.8 Å². The zero-order valence-corrected chi connectivity index (χ0v) is 13.8. The largest absolute Gasteiger partial charge is 0.304 e. The summed E-state index contributed by atoms with van der Waals surface area (Å²) in [4.78, 5) is 16.7. The van der Waals surface area contributed by atoms with Gasteiger partial charge in [-0.1, -0.05) is 23.2 Å². The number of piperazine rings is 1. The molecule has 1 fully saturated rings. The summed E-state index contributed by atoms with van der Waals surface area (Å²) in [6.07, 6.45) is 0.529. The molecule has 6 heteroatoms. The molecule has 1 saturated heterocycles. The smallest absolute Gasteiger partial charge is 0.164 e. The first kappa shape index (κ1) is 17.7. The number of hydrogen-bond donors (Lipinski definition) is 0. The second-order valence-electron chi connectivity index (χ2n) is 4.95. The lowest BCUT2D eigenvalue weighted by Gasteiger charge is -2.32. The van der Waals surface area contributed by atoms with E-state index < -0.39 is 0 Å². The molecule has 0 saturated carbocycles. The second kappa shape index (κ2) is 8.20. The van der Waals surface area contributed by atoms with Gasteiger partial charge in [0.05, 0.1) is 10.0 Å². The molecular weight excluding hydrogens is 319 g/mol. The van der Waals surface area contributed by atoms with Crippen molar-refractivity contribution in [2.75, 3.05) is 39.8 Å². The van der Waals surface area contributed by atoms with E-state index in [9.17, 15) is 4.79 Å². The van der Waals surface area contributed by atoms with Crippen LogP contribution in [0.1, 0.15) is 16.8 Å². The van der Waals surface area contributed by atoms with Crippen LogP contribution in [0.5, 0.6) is 0 Å². The van der Waals surface area contributed by atoms with Gasteiger partial charge in [0.15, 0.2) is 5.78 Å². The lowest BCUT2D eigenvalue weighted by molar-refractivity contribution is 0.0942. The molecule has 0 N–H and O–H groups in total.